The Kier molecular flexibility index (Phi) is 10.8. The Labute approximate surface area is 239 Å². The molecule has 0 fully saturated rings. The van der Waals surface area contributed by atoms with Crippen LogP contribution in [0.1, 0.15) is 25.3 Å². The molecule has 0 aliphatic heterocycles. The van der Waals surface area contributed by atoms with Crippen LogP contribution >= 0.6 is 0 Å². The van der Waals surface area contributed by atoms with E-state index < -0.39 is 12.5 Å². The first-order chi connectivity index (χ1) is 20.2. The molecule has 0 radical (unpaired) electrons. The second-order valence-corrected chi connectivity index (χ2v) is 9.58. The van der Waals surface area contributed by atoms with Gasteiger partial charge in [0.05, 0.1) is 31.1 Å². The summed E-state index contributed by atoms with van der Waals surface area (Å²) in [7, 11) is 0. The van der Waals surface area contributed by atoms with Crippen LogP contribution in [0.15, 0.2) is 53.6 Å². The molecular formula is C28H33F3N6O5. The Morgan fingerprint density at radius 1 is 0.952 bits per heavy atom. The molecule has 0 saturated carbocycles. The number of aromatic nitrogens is 4. The van der Waals surface area contributed by atoms with Crippen molar-refractivity contribution in [1.29, 1.82) is 0 Å². The van der Waals surface area contributed by atoms with E-state index in [1.165, 1.54) is 12.1 Å². The van der Waals surface area contributed by atoms with E-state index in [0.717, 1.165) is 41.1 Å². The highest BCUT2D eigenvalue weighted by Crippen LogP contribution is 2.30. The molecule has 0 unspecified atom stereocenters. The number of H-pyrrole nitrogens is 2. The second kappa shape index (κ2) is 14.7. The molecule has 5 N–H and O–H groups in total. The van der Waals surface area contributed by atoms with Crippen molar-refractivity contribution < 1.29 is 32.5 Å². The minimum atomic E-state index is -4.82. The fourth-order valence-electron chi connectivity index (χ4n) is 4.21. The number of unbranched alkanes of at least 4 members (excludes halogenated alkanes) is 1. The number of nitrogens with zero attached hydrogens (tertiary/aromatic N) is 2. The van der Waals surface area contributed by atoms with Crippen LogP contribution in [0.4, 0.5) is 18.9 Å². The highest BCUT2D eigenvalue weighted by atomic mass is 19.4. The van der Waals surface area contributed by atoms with Crippen molar-refractivity contribution in [2.24, 2.45) is 0 Å². The maximum Gasteiger partial charge on any atom is 0.573 e. The minimum absolute atomic E-state index is 0.185. The number of benzene rings is 2. The molecule has 2 aromatic heterocycles. The van der Waals surface area contributed by atoms with Gasteiger partial charge in [-0.25, -0.2) is 5.10 Å². The smallest absolute Gasteiger partial charge is 0.488 e. The highest BCUT2D eigenvalue weighted by Gasteiger charge is 2.31. The van der Waals surface area contributed by atoms with E-state index in [1.807, 2.05) is 12.1 Å². The summed E-state index contributed by atoms with van der Waals surface area (Å²) < 4.78 is 53.4. The van der Waals surface area contributed by atoms with Crippen molar-refractivity contribution in [2.45, 2.75) is 38.8 Å². The SMILES string of the molecule is C[C@@H](CO)Oc1cc(CNCCCCOCCNc2cc(-c3cn[nH]c(=O)c3)cc3[nH]ncc23)cc(OC(F)(F)F)c1. The largest absolute Gasteiger partial charge is 0.573 e. The lowest BCUT2D eigenvalue weighted by Crippen LogP contribution is -2.20. The Morgan fingerprint density at radius 3 is 2.55 bits per heavy atom. The summed E-state index contributed by atoms with van der Waals surface area (Å²) in [6, 6.07) is 9.39. The van der Waals surface area contributed by atoms with Gasteiger partial charge in [-0.1, -0.05) is 0 Å². The van der Waals surface area contributed by atoms with Gasteiger partial charge in [0.15, 0.2) is 0 Å². The van der Waals surface area contributed by atoms with Crippen LogP contribution < -0.4 is 25.7 Å². The van der Waals surface area contributed by atoms with Gasteiger partial charge < -0.3 is 30.0 Å². The van der Waals surface area contributed by atoms with Crippen molar-refractivity contribution in [3.63, 3.8) is 0 Å². The second-order valence-electron chi connectivity index (χ2n) is 9.58. The quantitative estimate of drug-likeness (QED) is 0.122. The average Bonchev–Trinajstić information content (AvgIpc) is 3.42. The lowest BCUT2D eigenvalue weighted by molar-refractivity contribution is -0.274. The average molecular weight is 591 g/mol. The van der Waals surface area contributed by atoms with Crippen LogP contribution in [0.5, 0.6) is 11.5 Å². The van der Waals surface area contributed by atoms with Crippen LogP contribution in [-0.2, 0) is 11.3 Å². The number of fused-ring (bicyclic) bond motifs is 1. The van der Waals surface area contributed by atoms with Crippen LogP contribution in [0.25, 0.3) is 22.0 Å². The zero-order chi connectivity index (χ0) is 30.0. The van der Waals surface area contributed by atoms with E-state index in [-0.39, 0.29) is 23.7 Å². The summed E-state index contributed by atoms with van der Waals surface area (Å²) in [5.41, 5.74) is 3.47. The first-order valence-corrected chi connectivity index (χ1v) is 13.4. The lowest BCUT2D eigenvalue weighted by atomic mass is 10.1. The number of anilines is 1. The highest BCUT2D eigenvalue weighted by molar-refractivity contribution is 5.95. The number of aliphatic hydroxyl groups excluding tert-OH is 1. The van der Waals surface area contributed by atoms with Gasteiger partial charge in [0.2, 0.25) is 0 Å². The normalized spacial score (nSPS) is 12.4. The molecule has 0 aliphatic carbocycles. The minimum Gasteiger partial charge on any atom is -0.488 e. The van der Waals surface area contributed by atoms with Crippen molar-refractivity contribution in [1.82, 2.24) is 25.7 Å². The molecule has 0 amide bonds. The molecule has 226 valence electrons. The van der Waals surface area contributed by atoms with Gasteiger partial charge in [-0.15, -0.1) is 13.2 Å². The number of rotatable bonds is 16. The molecule has 11 nitrogen and oxygen atoms in total. The third-order valence-corrected chi connectivity index (χ3v) is 6.11. The molecular weight excluding hydrogens is 557 g/mol. The van der Waals surface area contributed by atoms with Crippen molar-refractivity contribution in [2.75, 3.05) is 38.2 Å². The first-order valence-electron chi connectivity index (χ1n) is 13.4. The van der Waals surface area contributed by atoms with Gasteiger partial charge in [0, 0.05) is 48.5 Å². The molecule has 0 aliphatic rings. The van der Waals surface area contributed by atoms with E-state index in [9.17, 15) is 23.1 Å². The third-order valence-electron chi connectivity index (χ3n) is 6.11. The maximum atomic E-state index is 12.7. The van der Waals surface area contributed by atoms with E-state index >= 15 is 0 Å². The number of aromatic amines is 2. The van der Waals surface area contributed by atoms with Gasteiger partial charge in [-0.2, -0.15) is 10.2 Å². The van der Waals surface area contributed by atoms with Gasteiger partial charge in [0.1, 0.15) is 17.6 Å². The number of nitrogens with one attached hydrogen (secondary N) is 4. The number of ether oxygens (including phenoxy) is 3. The molecule has 42 heavy (non-hydrogen) atoms. The topological polar surface area (TPSA) is 146 Å². The summed E-state index contributed by atoms with van der Waals surface area (Å²) in [5.74, 6) is -0.193. The first kappa shape index (κ1) is 30.8. The summed E-state index contributed by atoms with van der Waals surface area (Å²) in [6.45, 7) is 3.88. The molecule has 1 atom stereocenters. The fraction of sp³-hybridized carbons (Fsp3) is 0.393. The molecule has 2 heterocycles. The number of alkyl halides is 3. The summed E-state index contributed by atoms with van der Waals surface area (Å²) in [5, 5.41) is 30.0. The summed E-state index contributed by atoms with van der Waals surface area (Å²) >= 11 is 0. The van der Waals surface area contributed by atoms with Gasteiger partial charge >= 0.3 is 6.36 Å². The zero-order valence-electron chi connectivity index (χ0n) is 23.0. The van der Waals surface area contributed by atoms with Crippen molar-refractivity contribution in [3.8, 4) is 22.6 Å². The number of halogens is 3. The summed E-state index contributed by atoms with van der Waals surface area (Å²) in [6.07, 6.45) is -0.473. The molecule has 0 spiro atoms. The molecule has 4 rings (SSSR count). The number of aliphatic hydroxyl groups is 1. The maximum absolute atomic E-state index is 12.7. The van der Waals surface area contributed by atoms with Crippen LogP contribution in [0.2, 0.25) is 0 Å². The standard InChI is InChI=1S/C28H33F3N6O5/c1-18(17-38)41-22-8-19(9-23(13-22)42-28(29,30)31)14-32-4-2-3-6-40-7-5-33-25-10-20(11-26-24(25)16-35-36-26)21-12-27(39)37-34-15-21/h8-13,15-16,18,32-33,38H,2-7,14,17H2,1H3,(H,35,36)(H,37,39)/t18-/m0/s1. The Balaban J connectivity index is 1.17. The lowest BCUT2D eigenvalue weighted by Gasteiger charge is -2.16. The Bertz CT molecular complexity index is 1490. The van der Waals surface area contributed by atoms with E-state index in [2.05, 4.69) is 35.8 Å². The van der Waals surface area contributed by atoms with E-state index in [4.69, 9.17) is 9.47 Å². The van der Waals surface area contributed by atoms with Crippen LogP contribution in [0, 0.1) is 0 Å². The zero-order valence-corrected chi connectivity index (χ0v) is 23.0. The molecule has 4 aromatic rings. The van der Waals surface area contributed by atoms with E-state index in [1.54, 1.807) is 25.4 Å². The Hall–Kier alpha value is -4.14. The monoisotopic (exact) mass is 590 g/mol. The van der Waals surface area contributed by atoms with Gasteiger partial charge in [-0.05, 0) is 61.7 Å². The number of hydrogen-bond acceptors (Lipinski definition) is 9. The predicted molar refractivity (Wildman–Crippen MR) is 150 cm³/mol. The van der Waals surface area contributed by atoms with Crippen LogP contribution in [-0.4, -0.2) is 70.9 Å². The van der Waals surface area contributed by atoms with Crippen LogP contribution in [0.3, 0.4) is 0 Å². The predicted octanol–water partition coefficient (Wildman–Crippen LogP) is 3.97. The molecule has 14 heteroatoms. The molecule has 2 aromatic carbocycles. The fourth-order valence-corrected chi connectivity index (χ4v) is 4.21. The molecule has 0 bridgehead atoms. The molecule has 0 saturated heterocycles. The Morgan fingerprint density at radius 2 is 1.76 bits per heavy atom. The van der Waals surface area contributed by atoms with Crippen molar-refractivity contribution in [3.05, 3.63) is 64.7 Å². The van der Waals surface area contributed by atoms with Crippen molar-refractivity contribution >= 4 is 16.6 Å². The summed E-state index contributed by atoms with van der Waals surface area (Å²) in [4.78, 5) is 11.7. The van der Waals surface area contributed by atoms with Gasteiger partial charge in [0.25, 0.3) is 5.56 Å². The van der Waals surface area contributed by atoms with Gasteiger partial charge in [-0.3, -0.25) is 9.89 Å². The number of hydrogen-bond donors (Lipinski definition) is 5. The third kappa shape index (κ3) is 9.46. The van der Waals surface area contributed by atoms with E-state index in [0.29, 0.717) is 44.0 Å².